The van der Waals surface area contributed by atoms with E-state index in [9.17, 15) is 17.9 Å². The van der Waals surface area contributed by atoms with Gasteiger partial charge in [0.15, 0.2) is 7.60 Å². The summed E-state index contributed by atoms with van der Waals surface area (Å²) in [6.45, 7) is 0. The molecule has 2 aromatic rings. The van der Waals surface area contributed by atoms with E-state index in [1.54, 1.807) is 0 Å². The standard InChI is InChI=1S/C11H12N3O5PS.Na/c15-20(16,19-10-3-1-5-12-7-10)9-14-21(17,18)11-4-2-6-13-8-11;/h1-8,14H,9H2,(H,15,16);/q;+1/p-1. The molecule has 1 N–H and O–H groups in total. The van der Waals surface area contributed by atoms with Crippen LogP contribution in [0.1, 0.15) is 0 Å². The average Bonchev–Trinajstić information content (AvgIpc) is 2.47. The Kier molecular flexibility index (Phi) is 7.14. The molecule has 8 nitrogen and oxygen atoms in total. The van der Waals surface area contributed by atoms with E-state index in [2.05, 4.69) is 9.97 Å². The molecule has 1 atom stereocenters. The first-order chi connectivity index (χ1) is 9.89. The van der Waals surface area contributed by atoms with Crippen LogP contribution in [0.5, 0.6) is 5.75 Å². The van der Waals surface area contributed by atoms with Crippen molar-refractivity contribution >= 4 is 17.6 Å². The number of nitrogens with one attached hydrogen (secondary N) is 1. The van der Waals surface area contributed by atoms with Crippen molar-refractivity contribution in [3.63, 3.8) is 0 Å². The summed E-state index contributed by atoms with van der Waals surface area (Å²) in [5.41, 5.74) is 0. The quantitative estimate of drug-likeness (QED) is 0.446. The van der Waals surface area contributed by atoms with Crippen LogP contribution in [-0.2, 0) is 14.6 Å². The molecule has 0 aliphatic carbocycles. The Morgan fingerprint density at radius 3 is 2.36 bits per heavy atom. The number of sulfonamides is 1. The van der Waals surface area contributed by atoms with Gasteiger partial charge in [-0.2, -0.15) is 0 Å². The number of hydrogen-bond donors (Lipinski definition) is 1. The summed E-state index contributed by atoms with van der Waals surface area (Å²) >= 11 is 0. The second-order valence-electron chi connectivity index (χ2n) is 3.89. The molecule has 11 heteroatoms. The fourth-order valence-electron chi connectivity index (χ4n) is 1.35. The summed E-state index contributed by atoms with van der Waals surface area (Å²) in [5.74, 6) is 0.0106. The zero-order valence-corrected chi connectivity index (χ0v) is 15.3. The van der Waals surface area contributed by atoms with Gasteiger partial charge in [0.2, 0.25) is 10.0 Å². The Balaban J connectivity index is 0.00000242. The van der Waals surface area contributed by atoms with Gasteiger partial charge >= 0.3 is 29.6 Å². The van der Waals surface area contributed by atoms with Crippen LogP contribution in [0.3, 0.4) is 0 Å². The minimum Gasteiger partial charge on any atom is -0.768 e. The molecule has 0 radical (unpaired) electrons. The number of nitrogens with zero attached hydrogens (tertiary/aromatic N) is 2. The fraction of sp³-hybridized carbons (Fsp3) is 0.0909. The molecule has 0 amide bonds. The Morgan fingerprint density at radius 2 is 1.82 bits per heavy atom. The van der Waals surface area contributed by atoms with Crippen molar-refractivity contribution in [1.82, 2.24) is 14.7 Å². The molecule has 0 aliphatic heterocycles. The normalized spacial score (nSPS) is 13.7. The Labute approximate surface area is 149 Å². The zero-order valence-electron chi connectivity index (χ0n) is 11.6. The smallest absolute Gasteiger partial charge is 0.768 e. The van der Waals surface area contributed by atoms with Crippen molar-refractivity contribution in [2.45, 2.75) is 4.90 Å². The van der Waals surface area contributed by atoms with Crippen molar-refractivity contribution in [3.8, 4) is 5.75 Å². The summed E-state index contributed by atoms with van der Waals surface area (Å²) < 4.78 is 42.1. The second kappa shape index (κ2) is 8.16. The largest absolute Gasteiger partial charge is 1.00 e. The van der Waals surface area contributed by atoms with Gasteiger partial charge in [-0.05, 0) is 24.3 Å². The van der Waals surface area contributed by atoms with Crippen LogP contribution in [0.25, 0.3) is 0 Å². The van der Waals surface area contributed by atoms with E-state index >= 15 is 0 Å². The Bertz CT molecular complexity index is 745. The maximum absolute atomic E-state index is 11.9. The topological polar surface area (TPSA) is 121 Å². The molecule has 0 bridgehead atoms. The molecule has 2 rings (SSSR count). The van der Waals surface area contributed by atoms with Crippen LogP contribution in [-0.4, -0.2) is 24.7 Å². The molecular formula is C11H11N3NaO5PS. The maximum atomic E-state index is 11.9. The van der Waals surface area contributed by atoms with Gasteiger partial charge in [0, 0.05) is 18.6 Å². The van der Waals surface area contributed by atoms with Gasteiger partial charge in [-0.1, -0.05) is 0 Å². The van der Waals surface area contributed by atoms with Crippen molar-refractivity contribution in [2.75, 3.05) is 6.29 Å². The van der Waals surface area contributed by atoms with E-state index in [0.29, 0.717) is 0 Å². The van der Waals surface area contributed by atoms with Gasteiger partial charge in [0.1, 0.15) is 10.6 Å². The van der Waals surface area contributed by atoms with Gasteiger partial charge in [0.05, 0.1) is 12.5 Å². The molecule has 2 heterocycles. The van der Waals surface area contributed by atoms with Gasteiger partial charge in [-0.3, -0.25) is 14.5 Å². The third kappa shape index (κ3) is 5.77. The average molecular weight is 351 g/mol. The van der Waals surface area contributed by atoms with Gasteiger partial charge in [-0.25, -0.2) is 13.1 Å². The predicted molar refractivity (Wildman–Crippen MR) is 71.9 cm³/mol. The Morgan fingerprint density at radius 1 is 1.18 bits per heavy atom. The minimum absolute atomic E-state index is 0. The van der Waals surface area contributed by atoms with Crippen LogP contribution < -0.4 is 43.7 Å². The summed E-state index contributed by atoms with van der Waals surface area (Å²) in [6.07, 6.45) is 4.30. The minimum atomic E-state index is -4.43. The van der Waals surface area contributed by atoms with Crippen LogP contribution in [0.4, 0.5) is 0 Å². The summed E-state index contributed by atoms with van der Waals surface area (Å²) in [7, 11) is -8.40. The molecule has 0 spiro atoms. The van der Waals surface area contributed by atoms with E-state index in [-0.39, 0.29) is 40.2 Å². The van der Waals surface area contributed by atoms with Gasteiger partial charge < -0.3 is 9.42 Å². The molecule has 0 saturated heterocycles. The van der Waals surface area contributed by atoms with Gasteiger partial charge in [-0.15, -0.1) is 0 Å². The monoisotopic (exact) mass is 351 g/mol. The zero-order chi connectivity index (χ0) is 15.3. The van der Waals surface area contributed by atoms with Crippen molar-refractivity contribution in [3.05, 3.63) is 49.1 Å². The van der Waals surface area contributed by atoms with Crippen molar-refractivity contribution in [1.29, 1.82) is 0 Å². The third-order valence-electron chi connectivity index (χ3n) is 2.27. The first-order valence-corrected chi connectivity index (χ1v) is 8.90. The molecule has 0 fully saturated rings. The fourth-order valence-corrected chi connectivity index (χ4v) is 3.78. The van der Waals surface area contributed by atoms with Crippen molar-refractivity contribution < 1.29 is 52.0 Å². The molecule has 112 valence electrons. The molecule has 0 aromatic carbocycles. The SMILES string of the molecule is O=P([O-])(CNS(=O)(=O)c1cccnc1)Oc1cccnc1.[Na+]. The molecule has 22 heavy (non-hydrogen) atoms. The van der Waals surface area contributed by atoms with Crippen LogP contribution >= 0.6 is 7.60 Å². The van der Waals surface area contributed by atoms with Crippen LogP contribution in [0.2, 0.25) is 0 Å². The first-order valence-electron chi connectivity index (χ1n) is 5.68. The molecule has 1 unspecified atom stereocenters. The van der Waals surface area contributed by atoms with E-state index in [4.69, 9.17) is 4.52 Å². The van der Waals surface area contributed by atoms with E-state index < -0.39 is 23.9 Å². The third-order valence-corrected chi connectivity index (χ3v) is 4.91. The Hall–Kier alpha value is -0.800. The maximum Gasteiger partial charge on any atom is 1.00 e. The first kappa shape index (κ1) is 19.2. The van der Waals surface area contributed by atoms with E-state index in [0.717, 1.165) is 6.20 Å². The second-order valence-corrected chi connectivity index (χ2v) is 7.37. The summed E-state index contributed by atoms with van der Waals surface area (Å²) in [5, 5.41) is 0. The van der Waals surface area contributed by atoms with Crippen molar-refractivity contribution in [2.24, 2.45) is 0 Å². The molecule has 2 aromatic heterocycles. The van der Waals surface area contributed by atoms with Gasteiger partial charge in [0.25, 0.3) is 0 Å². The molecule has 0 saturated carbocycles. The van der Waals surface area contributed by atoms with E-state index in [1.807, 2.05) is 4.72 Å². The number of pyridine rings is 2. The predicted octanol–water partition coefficient (Wildman–Crippen LogP) is -2.65. The molecular weight excluding hydrogens is 340 g/mol. The van der Waals surface area contributed by atoms with E-state index in [1.165, 1.54) is 42.9 Å². The summed E-state index contributed by atoms with van der Waals surface area (Å²) in [4.78, 5) is 18.9. The summed E-state index contributed by atoms with van der Waals surface area (Å²) in [6, 6.07) is 5.62. The number of hydrogen-bond acceptors (Lipinski definition) is 7. The van der Waals surface area contributed by atoms with Crippen LogP contribution in [0, 0.1) is 0 Å². The number of aromatic nitrogens is 2. The number of rotatable bonds is 6. The molecule has 0 aliphatic rings. The van der Waals surface area contributed by atoms with Crippen LogP contribution in [0.15, 0.2) is 53.9 Å².